The largest absolute Gasteiger partial charge is 0.377 e. The lowest BCUT2D eigenvalue weighted by Crippen LogP contribution is -2.14. The molecule has 1 unspecified atom stereocenters. The third kappa shape index (κ3) is 3.56. The zero-order chi connectivity index (χ0) is 14.7. The molecule has 0 bridgehead atoms. The predicted molar refractivity (Wildman–Crippen MR) is 81.9 cm³/mol. The summed E-state index contributed by atoms with van der Waals surface area (Å²) in [5.41, 5.74) is 2.65. The van der Waals surface area contributed by atoms with Gasteiger partial charge >= 0.3 is 0 Å². The van der Waals surface area contributed by atoms with Gasteiger partial charge in [-0.05, 0) is 38.0 Å². The van der Waals surface area contributed by atoms with Gasteiger partial charge in [-0.25, -0.2) is 0 Å². The van der Waals surface area contributed by atoms with Gasteiger partial charge in [0.25, 0.3) is 0 Å². The van der Waals surface area contributed by atoms with Crippen LogP contribution in [0.25, 0.3) is 0 Å². The number of amides is 1. The summed E-state index contributed by atoms with van der Waals surface area (Å²) in [6.45, 7) is 2.03. The number of hydrogen-bond acceptors (Lipinski definition) is 4. The highest BCUT2D eigenvalue weighted by Gasteiger charge is 2.29. The van der Waals surface area contributed by atoms with Crippen molar-refractivity contribution < 1.29 is 4.79 Å². The SMILES string of the molecule is CC(Nc1cccc(NC(=O)C2CC2)c1)c1cnccn1. The van der Waals surface area contributed by atoms with E-state index in [4.69, 9.17) is 0 Å². The topological polar surface area (TPSA) is 66.9 Å². The van der Waals surface area contributed by atoms with E-state index in [0.717, 1.165) is 29.9 Å². The third-order valence-corrected chi connectivity index (χ3v) is 3.49. The second kappa shape index (κ2) is 5.91. The molecule has 0 saturated heterocycles. The molecule has 21 heavy (non-hydrogen) atoms. The molecular weight excluding hydrogens is 264 g/mol. The summed E-state index contributed by atoms with van der Waals surface area (Å²) < 4.78 is 0. The van der Waals surface area contributed by atoms with E-state index in [0.29, 0.717) is 0 Å². The lowest BCUT2D eigenvalue weighted by molar-refractivity contribution is -0.117. The van der Waals surface area contributed by atoms with E-state index in [9.17, 15) is 4.79 Å². The highest BCUT2D eigenvalue weighted by Crippen LogP contribution is 2.30. The number of rotatable bonds is 5. The maximum atomic E-state index is 11.8. The van der Waals surface area contributed by atoms with Crippen LogP contribution in [0.5, 0.6) is 0 Å². The van der Waals surface area contributed by atoms with Crippen molar-refractivity contribution >= 4 is 17.3 Å². The van der Waals surface area contributed by atoms with Crippen molar-refractivity contribution in [2.24, 2.45) is 5.92 Å². The summed E-state index contributed by atoms with van der Waals surface area (Å²) >= 11 is 0. The standard InChI is InChI=1S/C16H18N4O/c1-11(15-10-17-7-8-18-15)19-13-3-2-4-14(9-13)20-16(21)12-5-6-12/h2-4,7-12,19H,5-6H2,1H3,(H,20,21). The Labute approximate surface area is 123 Å². The van der Waals surface area contributed by atoms with Crippen LogP contribution in [0.4, 0.5) is 11.4 Å². The van der Waals surface area contributed by atoms with Gasteiger partial charge in [0.2, 0.25) is 5.91 Å². The van der Waals surface area contributed by atoms with E-state index in [1.54, 1.807) is 18.6 Å². The average molecular weight is 282 g/mol. The Bertz CT molecular complexity index is 625. The molecular formula is C16H18N4O. The molecule has 1 aromatic carbocycles. The molecule has 0 spiro atoms. The Morgan fingerprint density at radius 2 is 2.10 bits per heavy atom. The molecule has 5 nitrogen and oxygen atoms in total. The van der Waals surface area contributed by atoms with Gasteiger partial charge in [0.15, 0.2) is 0 Å². The van der Waals surface area contributed by atoms with Crippen molar-refractivity contribution in [1.29, 1.82) is 0 Å². The molecule has 1 heterocycles. The Morgan fingerprint density at radius 3 is 2.81 bits per heavy atom. The Kier molecular flexibility index (Phi) is 3.81. The summed E-state index contributed by atoms with van der Waals surface area (Å²) in [4.78, 5) is 20.1. The maximum absolute atomic E-state index is 11.8. The van der Waals surface area contributed by atoms with Crippen molar-refractivity contribution in [3.8, 4) is 0 Å². The van der Waals surface area contributed by atoms with E-state index >= 15 is 0 Å². The van der Waals surface area contributed by atoms with Crippen molar-refractivity contribution in [3.63, 3.8) is 0 Å². The molecule has 5 heteroatoms. The molecule has 108 valence electrons. The third-order valence-electron chi connectivity index (χ3n) is 3.49. The fraction of sp³-hybridized carbons (Fsp3) is 0.312. The van der Waals surface area contributed by atoms with Gasteiger partial charge in [-0.2, -0.15) is 0 Å². The van der Waals surface area contributed by atoms with Crippen LogP contribution in [0.3, 0.4) is 0 Å². The number of carbonyl (C=O) groups excluding carboxylic acids is 1. The summed E-state index contributed by atoms with van der Waals surface area (Å²) in [7, 11) is 0. The van der Waals surface area contributed by atoms with E-state index < -0.39 is 0 Å². The van der Waals surface area contributed by atoms with Crippen LogP contribution in [0.1, 0.15) is 31.5 Å². The molecule has 1 aliphatic rings. The minimum atomic E-state index is 0.0492. The van der Waals surface area contributed by atoms with Gasteiger partial charge in [0.05, 0.1) is 17.9 Å². The second-order valence-corrected chi connectivity index (χ2v) is 5.34. The fourth-order valence-corrected chi connectivity index (χ4v) is 2.13. The number of hydrogen-bond donors (Lipinski definition) is 2. The number of carbonyl (C=O) groups is 1. The number of anilines is 2. The highest BCUT2D eigenvalue weighted by atomic mass is 16.2. The van der Waals surface area contributed by atoms with Gasteiger partial charge in [-0.3, -0.25) is 14.8 Å². The summed E-state index contributed by atoms with van der Waals surface area (Å²) in [5.74, 6) is 0.328. The molecule has 1 fully saturated rings. The monoisotopic (exact) mass is 282 g/mol. The molecule has 1 aromatic heterocycles. The van der Waals surface area contributed by atoms with Crippen LogP contribution in [-0.4, -0.2) is 15.9 Å². The van der Waals surface area contributed by atoms with Crippen molar-refractivity contribution in [2.75, 3.05) is 10.6 Å². The zero-order valence-corrected chi connectivity index (χ0v) is 11.9. The maximum Gasteiger partial charge on any atom is 0.227 e. The van der Waals surface area contributed by atoms with Crippen LogP contribution in [-0.2, 0) is 4.79 Å². The quantitative estimate of drug-likeness (QED) is 0.884. The van der Waals surface area contributed by atoms with Crippen LogP contribution < -0.4 is 10.6 Å². The first kappa shape index (κ1) is 13.5. The first-order valence-electron chi connectivity index (χ1n) is 7.16. The minimum Gasteiger partial charge on any atom is -0.377 e. The van der Waals surface area contributed by atoms with Crippen LogP contribution in [0, 0.1) is 5.92 Å². The van der Waals surface area contributed by atoms with Crippen molar-refractivity contribution in [3.05, 3.63) is 48.5 Å². The van der Waals surface area contributed by atoms with E-state index in [-0.39, 0.29) is 17.9 Å². The van der Waals surface area contributed by atoms with Gasteiger partial charge in [-0.1, -0.05) is 6.07 Å². The van der Waals surface area contributed by atoms with Gasteiger partial charge in [-0.15, -0.1) is 0 Å². The lowest BCUT2D eigenvalue weighted by Gasteiger charge is -2.15. The van der Waals surface area contributed by atoms with Crippen LogP contribution in [0.15, 0.2) is 42.9 Å². The molecule has 1 amide bonds. The normalized spacial score (nSPS) is 15.3. The minimum absolute atomic E-state index is 0.0492. The molecule has 1 atom stereocenters. The molecule has 1 saturated carbocycles. The summed E-state index contributed by atoms with van der Waals surface area (Å²) in [6, 6.07) is 7.78. The summed E-state index contributed by atoms with van der Waals surface area (Å²) in [5, 5.41) is 6.31. The lowest BCUT2D eigenvalue weighted by atomic mass is 10.2. The van der Waals surface area contributed by atoms with Crippen molar-refractivity contribution in [2.45, 2.75) is 25.8 Å². The van der Waals surface area contributed by atoms with E-state index in [2.05, 4.69) is 20.6 Å². The first-order valence-corrected chi connectivity index (χ1v) is 7.16. The first-order chi connectivity index (χ1) is 10.2. The number of nitrogens with zero attached hydrogens (tertiary/aromatic N) is 2. The molecule has 0 aliphatic heterocycles. The highest BCUT2D eigenvalue weighted by molar-refractivity contribution is 5.94. The van der Waals surface area contributed by atoms with Crippen LogP contribution >= 0.6 is 0 Å². The number of nitrogens with one attached hydrogen (secondary N) is 2. The van der Waals surface area contributed by atoms with Gasteiger partial charge in [0, 0.05) is 29.7 Å². The smallest absolute Gasteiger partial charge is 0.227 e. The molecule has 3 rings (SSSR count). The number of aromatic nitrogens is 2. The fourth-order valence-electron chi connectivity index (χ4n) is 2.13. The van der Waals surface area contributed by atoms with E-state index in [1.807, 2.05) is 31.2 Å². The van der Waals surface area contributed by atoms with Gasteiger partial charge < -0.3 is 10.6 Å². The Balaban J connectivity index is 1.66. The second-order valence-electron chi connectivity index (χ2n) is 5.34. The molecule has 2 aromatic rings. The zero-order valence-electron chi connectivity index (χ0n) is 11.9. The van der Waals surface area contributed by atoms with Crippen LogP contribution in [0.2, 0.25) is 0 Å². The average Bonchev–Trinajstić information content (AvgIpc) is 3.33. The molecule has 2 N–H and O–H groups in total. The Morgan fingerprint density at radius 1 is 1.29 bits per heavy atom. The van der Waals surface area contributed by atoms with Gasteiger partial charge in [0.1, 0.15) is 0 Å². The van der Waals surface area contributed by atoms with E-state index in [1.165, 1.54) is 0 Å². The Hall–Kier alpha value is -2.43. The molecule has 1 aliphatic carbocycles. The summed E-state index contributed by atoms with van der Waals surface area (Å²) in [6.07, 6.45) is 7.10. The molecule has 0 radical (unpaired) electrons. The predicted octanol–water partition coefficient (Wildman–Crippen LogP) is 3.00. The van der Waals surface area contributed by atoms with Crippen molar-refractivity contribution in [1.82, 2.24) is 9.97 Å². The number of benzene rings is 1.